The van der Waals surface area contributed by atoms with Crippen LogP contribution >= 0.6 is 11.6 Å². The topological polar surface area (TPSA) is 60.2 Å². The summed E-state index contributed by atoms with van der Waals surface area (Å²) in [6.45, 7) is 3.25. The Morgan fingerprint density at radius 1 is 1.36 bits per heavy atom. The molecule has 0 unspecified atom stereocenters. The molecule has 3 nitrogen and oxygen atoms in total. The first-order valence-electron chi connectivity index (χ1n) is 4.14. The van der Waals surface area contributed by atoms with Crippen LogP contribution in [0.2, 0.25) is 5.02 Å². The highest BCUT2D eigenvalue weighted by Gasteiger charge is 2.19. The van der Waals surface area contributed by atoms with Crippen molar-refractivity contribution in [3.05, 3.63) is 23.2 Å². The average Bonchev–Trinajstić information content (AvgIpc) is 2.09. The molecular weight excluding hydrogens is 222 g/mol. The van der Waals surface area contributed by atoms with Gasteiger partial charge in [0.05, 0.1) is 20.9 Å². The zero-order valence-corrected chi connectivity index (χ0v) is 9.56. The summed E-state index contributed by atoms with van der Waals surface area (Å²) in [5.41, 5.74) is 5.87. The summed E-state index contributed by atoms with van der Waals surface area (Å²) >= 11 is 5.74. The van der Waals surface area contributed by atoms with Gasteiger partial charge >= 0.3 is 0 Å². The molecule has 0 bridgehead atoms. The first kappa shape index (κ1) is 11.3. The van der Waals surface area contributed by atoms with Crippen LogP contribution < -0.4 is 5.73 Å². The van der Waals surface area contributed by atoms with Crippen molar-refractivity contribution in [2.45, 2.75) is 24.0 Å². The lowest BCUT2D eigenvalue weighted by Gasteiger charge is -2.08. The Hall–Kier alpha value is -0.740. The minimum Gasteiger partial charge on any atom is -0.398 e. The minimum atomic E-state index is -3.26. The third-order valence-corrected chi connectivity index (χ3v) is 4.40. The van der Waals surface area contributed by atoms with Gasteiger partial charge in [-0.15, -0.1) is 0 Å². The summed E-state index contributed by atoms with van der Waals surface area (Å²) in [7, 11) is -3.26. The fraction of sp³-hybridized carbons (Fsp3) is 0.333. The molecule has 0 aliphatic rings. The Balaban J connectivity index is 3.29. The van der Waals surface area contributed by atoms with Crippen molar-refractivity contribution >= 4 is 27.1 Å². The van der Waals surface area contributed by atoms with E-state index in [1.54, 1.807) is 13.8 Å². The van der Waals surface area contributed by atoms with E-state index in [1.807, 2.05) is 0 Å². The van der Waals surface area contributed by atoms with Crippen LogP contribution in [0.1, 0.15) is 13.8 Å². The van der Waals surface area contributed by atoms with Crippen molar-refractivity contribution in [2.24, 2.45) is 0 Å². The van der Waals surface area contributed by atoms with Gasteiger partial charge in [-0.05, 0) is 32.0 Å². The van der Waals surface area contributed by atoms with E-state index in [0.717, 1.165) is 0 Å². The summed E-state index contributed by atoms with van der Waals surface area (Å²) in [4.78, 5) is 0.215. The zero-order chi connectivity index (χ0) is 10.9. The summed E-state index contributed by atoms with van der Waals surface area (Å²) in [6, 6.07) is 4.35. The average molecular weight is 234 g/mol. The van der Waals surface area contributed by atoms with Gasteiger partial charge in [0.25, 0.3) is 0 Å². The van der Waals surface area contributed by atoms with E-state index < -0.39 is 15.1 Å². The van der Waals surface area contributed by atoms with Gasteiger partial charge in [-0.2, -0.15) is 0 Å². The number of hydrogen-bond donors (Lipinski definition) is 1. The van der Waals surface area contributed by atoms with Gasteiger partial charge in [0.1, 0.15) is 0 Å². The summed E-state index contributed by atoms with van der Waals surface area (Å²) in [5, 5.41) is -0.186. The van der Waals surface area contributed by atoms with Gasteiger partial charge < -0.3 is 5.73 Å². The monoisotopic (exact) mass is 233 g/mol. The van der Waals surface area contributed by atoms with Crippen LogP contribution in [-0.4, -0.2) is 13.7 Å². The van der Waals surface area contributed by atoms with Crippen molar-refractivity contribution in [3.63, 3.8) is 0 Å². The van der Waals surface area contributed by atoms with Crippen LogP contribution in [0, 0.1) is 0 Å². The van der Waals surface area contributed by atoms with E-state index in [2.05, 4.69) is 0 Å². The van der Waals surface area contributed by atoms with Gasteiger partial charge in [0.2, 0.25) is 0 Å². The van der Waals surface area contributed by atoms with E-state index >= 15 is 0 Å². The second-order valence-electron chi connectivity index (χ2n) is 3.28. The standard InChI is InChI=1S/C9H12ClNO2S/c1-6(2)14(12,13)7-3-4-9(11)8(10)5-7/h3-6H,11H2,1-2H3. The van der Waals surface area contributed by atoms with Crippen LogP contribution in [0.5, 0.6) is 0 Å². The SMILES string of the molecule is CC(C)S(=O)(=O)c1ccc(N)c(Cl)c1. The second-order valence-corrected chi connectivity index (χ2v) is 6.19. The van der Waals surface area contributed by atoms with Gasteiger partial charge in [0.15, 0.2) is 9.84 Å². The molecule has 0 saturated heterocycles. The maximum absolute atomic E-state index is 11.7. The summed E-state index contributed by atoms with van der Waals surface area (Å²) in [5.74, 6) is 0. The summed E-state index contributed by atoms with van der Waals surface area (Å²) in [6.07, 6.45) is 0. The molecule has 0 atom stereocenters. The molecular formula is C9H12ClNO2S. The number of halogens is 1. The highest BCUT2D eigenvalue weighted by Crippen LogP contribution is 2.24. The number of sulfone groups is 1. The van der Waals surface area contributed by atoms with Gasteiger partial charge in [0, 0.05) is 0 Å². The van der Waals surface area contributed by atoms with E-state index in [1.165, 1.54) is 18.2 Å². The lowest BCUT2D eigenvalue weighted by atomic mass is 10.3. The molecule has 2 N–H and O–H groups in total. The third kappa shape index (κ3) is 2.01. The lowest BCUT2D eigenvalue weighted by molar-refractivity contribution is 0.587. The minimum absolute atomic E-state index is 0.215. The number of hydrogen-bond acceptors (Lipinski definition) is 3. The summed E-state index contributed by atoms with van der Waals surface area (Å²) < 4.78 is 23.4. The molecule has 0 aliphatic heterocycles. The Labute approximate surface area is 88.8 Å². The van der Waals surface area contributed by atoms with Crippen LogP contribution in [0.3, 0.4) is 0 Å². The van der Waals surface area contributed by atoms with Gasteiger partial charge in [-0.25, -0.2) is 8.42 Å². The molecule has 0 radical (unpaired) electrons. The highest BCUT2D eigenvalue weighted by atomic mass is 35.5. The smallest absolute Gasteiger partial charge is 0.180 e. The molecule has 0 amide bonds. The van der Waals surface area contributed by atoms with Gasteiger partial charge in [-0.1, -0.05) is 11.6 Å². The molecule has 0 spiro atoms. The maximum Gasteiger partial charge on any atom is 0.180 e. The number of rotatable bonds is 2. The molecule has 5 heteroatoms. The van der Waals surface area contributed by atoms with Crippen molar-refractivity contribution < 1.29 is 8.42 Å². The molecule has 78 valence electrons. The number of nitrogen functional groups attached to an aromatic ring is 1. The fourth-order valence-electron chi connectivity index (χ4n) is 0.957. The molecule has 0 fully saturated rings. The lowest BCUT2D eigenvalue weighted by Crippen LogP contribution is -2.13. The van der Waals surface area contributed by atoms with E-state index in [4.69, 9.17) is 17.3 Å². The molecule has 0 aromatic heterocycles. The van der Waals surface area contributed by atoms with Crippen LogP contribution in [0.25, 0.3) is 0 Å². The zero-order valence-electron chi connectivity index (χ0n) is 7.99. The molecule has 1 rings (SSSR count). The molecule has 1 aromatic rings. The Kier molecular flexibility index (Phi) is 3.07. The molecule has 1 aromatic carbocycles. The quantitative estimate of drug-likeness (QED) is 0.796. The highest BCUT2D eigenvalue weighted by molar-refractivity contribution is 7.92. The van der Waals surface area contributed by atoms with Crippen LogP contribution in [-0.2, 0) is 9.84 Å². The van der Waals surface area contributed by atoms with Crippen molar-refractivity contribution in [1.29, 1.82) is 0 Å². The van der Waals surface area contributed by atoms with E-state index in [0.29, 0.717) is 5.69 Å². The van der Waals surface area contributed by atoms with E-state index in [9.17, 15) is 8.42 Å². The largest absolute Gasteiger partial charge is 0.398 e. The first-order chi connectivity index (χ1) is 6.35. The normalized spacial score (nSPS) is 12.0. The predicted molar refractivity (Wildman–Crippen MR) is 58.2 cm³/mol. The van der Waals surface area contributed by atoms with Crippen LogP contribution in [0.4, 0.5) is 5.69 Å². The first-order valence-corrected chi connectivity index (χ1v) is 6.07. The molecule has 14 heavy (non-hydrogen) atoms. The number of anilines is 1. The Morgan fingerprint density at radius 3 is 2.36 bits per heavy atom. The molecule has 0 saturated carbocycles. The van der Waals surface area contributed by atoms with Crippen molar-refractivity contribution in [1.82, 2.24) is 0 Å². The van der Waals surface area contributed by atoms with Crippen molar-refractivity contribution in [3.8, 4) is 0 Å². The third-order valence-electron chi connectivity index (χ3n) is 1.92. The van der Waals surface area contributed by atoms with E-state index in [-0.39, 0.29) is 9.92 Å². The van der Waals surface area contributed by atoms with Crippen molar-refractivity contribution in [2.75, 3.05) is 5.73 Å². The van der Waals surface area contributed by atoms with Crippen LogP contribution in [0.15, 0.2) is 23.1 Å². The molecule has 0 aliphatic carbocycles. The number of benzene rings is 1. The predicted octanol–water partition coefficient (Wildman–Crippen LogP) is 2.10. The second kappa shape index (κ2) is 3.79. The Morgan fingerprint density at radius 2 is 1.93 bits per heavy atom. The number of nitrogens with two attached hydrogens (primary N) is 1. The molecule has 0 heterocycles. The Bertz CT molecular complexity index is 440. The fourth-order valence-corrected chi connectivity index (χ4v) is 2.29. The maximum atomic E-state index is 11.7. The van der Waals surface area contributed by atoms with Gasteiger partial charge in [-0.3, -0.25) is 0 Å².